The third-order valence-electron chi connectivity index (χ3n) is 5.89. The molecule has 2 amide bonds. The largest absolute Gasteiger partial charge is 0.494 e. The molecule has 0 radical (unpaired) electrons. The first-order valence-electron chi connectivity index (χ1n) is 12.9. The van der Waals surface area contributed by atoms with E-state index in [0.717, 1.165) is 21.8 Å². The fourth-order valence-corrected chi connectivity index (χ4v) is 4.53. The fourth-order valence-electron chi connectivity index (χ4n) is 3.74. The molecular formula is C33H30N2O4S. The monoisotopic (exact) mass is 550 g/mol. The first kappa shape index (κ1) is 28.4. The first-order valence-corrected chi connectivity index (χ1v) is 13.8. The van der Waals surface area contributed by atoms with Crippen molar-refractivity contribution < 1.29 is 19.1 Å². The number of hydrogen-bond donors (Lipinski definition) is 2. The van der Waals surface area contributed by atoms with Crippen molar-refractivity contribution in [1.82, 2.24) is 5.32 Å². The molecule has 0 aliphatic carbocycles. The predicted octanol–water partition coefficient (Wildman–Crippen LogP) is 6.78. The minimum absolute atomic E-state index is 0.0561. The molecule has 0 aromatic heterocycles. The number of amides is 2. The number of carbonyl (C=O) groups excluding carboxylic acids is 3. The molecule has 0 saturated heterocycles. The summed E-state index contributed by atoms with van der Waals surface area (Å²) < 4.78 is 5.49. The number of benzene rings is 4. The zero-order valence-corrected chi connectivity index (χ0v) is 23.2. The van der Waals surface area contributed by atoms with E-state index < -0.39 is 11.8 Å². The van der Waals surface area contributed by atoms with E-state index in [2.05, 4.69) is 10.6 Å². The van der Waals surface area contributed by atoms with Gasteiger partial charge in [-0.3, -0.25) is 14.4 Å². The number of ether oxygens (including phenoxy) is 1. The van der Waals surface area contributed by atoms with Crippen LogP contribution in [0.5, 0.6) is 5.75 Å². The van der Waals surface area contributed by atoms with Crippen molar-refractivity contribution in [2.24, 2.45) is 0 Å². The van der Waals surface area contributed by atoms with E-state index in [0.29, 0.717) is 29.2 Å². The highest BCUT2D eigenvalue weighted by molar-refractivity contribution is 8.00. The summed E-state index contributed by atoms with van der Waals surface area (Å²) in [5.41, 5.74) is 3.62. The van der Waals surface area contributed by atoms with Crippen molar-refractivity contribution in [1.29, 1.82) is 0 Å². The van der Waals surface area contributed by atoms with E-state index in [9.17, 15) is 14.4 Å². The van der Waals surface area contributed by atoms with Crippen LogP contribution in [0.15, 0.2) is 114 Å². The molecule has 0 spiro atoms. The van der Waals surface area contributed by atoms with E-state index >= 15 is 0 Å². The van der Waals surface area contributed by atoms with Crippen molar-refractivity contribution in [2.75, 3.05) is 17.7 Å². The van der Waals surface area contributed by atoms with Gasteiger partial charge in [0.2, 0.25) is 0 Å². The third-order valence-corrected chi connectivity index (χ3v) is 6.90. The van der Waals surface area contributed by atoms with Gasteiger partial charge in [-0.2, -0.15) is 0 Å². The predicted molar refractivity (Wildman–Crippen MR) is 161 cm³/mol. The molecule has 7 heteroatoms. The molecule has 0 aliphatic heterocycles. The Morgan fingerprint density at radius 2 is 1.48 bits per heavy atom. The maximum atomic E-state index is 13.3. The van der Waals surface area contributed by atoms with E-state index in [1.807, 2.05) is 80.6 Å². The molecule has 4 aromatic rings. The first-order chi connectivity index (χ1) is 19.4. The summed E-state index contributed by atoms with van der Waals surface area (Å²) in [6.45, 7) is 4.45. The highest BCUT2D eigenvalue weighted by Crippen LogP contribution is 2.22. The van der Waals surface area contributed by atoms with E-state index in [1.54, 1.807) is 42.5 Å². The lowest BCUT2D eigenvalue weighted by Gasteiger charge is -2.12. The Kier molecular flexibility index (Phi) is 9.91. The maximum absolute atomic E-state index is 13.3. The number of rotatable bonds is 11. The summed E-state index contributed by atoms with van der Waals surface area (Å²) in [4.78, 5) is 39.5. The van der Waals surface area contributed by atoms with Crippen LogP contribution in [0.4, 0.5) is 5.69 Å². The number of nitrogens with one attached hydrogen (secondary N) is 2. The second kappa shape index (κ2) is 14.0. The Balaban J connectivity index is 1.44. The minimum atomic E-state index is -0.465. The summed E-state index contributed by atoms with van der Waals surface area (Å²) in [6, 6.07) is 30.7. The molecule has 40 heavy (non-hydrogen) atoms. The number of hydrogen-bond acceptors (Lipinski definition) is 5. The van der Waals surface area contributed by atoms with Crippen LogP contribution in [0.25, 0.3) is 6.08 Å². The van der Waals surface area contributed by atoms with E-state index in [1.165, 1.54) is 11.8 Å². The van der Waals surface area contributed by atoms with Crippen LogP contribution in [0.3, 0.4) is 0 Å². The number of carbonyl (C=O) groups is 3. The summed E-state index contributed by atoms with van der Waals surface area (Å²) in [7, 11) is 0. The number of ketones is 1. The average Bonchev–Trinajstić information content (AvgIpc) is 2.98. The Hall–Kier alpha value is -4.62. The fraction of sp³-hybridized carbons (Fsp3) is 0.121. The van der Waals surface area contributed by atoms with Crippen LogP contribution in [0.2, 0.25) is 0 Å². The van der Waals surface area contributed by atoms with Gasteiger partial charge in [0.25, 0.3) is 11.8 Å². The van der Waals surface area contributed by atoms with Crippen LogP contribution in [0.1, 0.15) is 38.8 Å². The van der Waals surface area contributed by atoms with Gasteiger partial charge in [-0.1, -0.05) is 60.2 Å². The van der Waals surface area contributed by atoms with Crippen molar-refractivity contribution in [3.05, 3.63) is 131 Å². The van der Waals surface area contributed by atoms with E-state index in [4.69, 9.17) is 4.74 Å². The van der Waals surface area contributed by atoms with Crippen LogP contribution in [-0.4, -0.2) is 30.0 Å². The summed E-state index contributed by atoms with van der Waals surface area (Å²) in [6.07, 6.45) is 1.62. The summed E-state index contributed by atoms with van der Waals surface area (Å²) >= 11 is 1.43. The van der Waals surface area contributed by atoms with Crippen molar-refractivity contribution in [2.45, 2.75) is 18.7 Å². The second-order valence-corrected chi connectivity index (χ2v) is 9.99. The highest BCUT2D eigenvalue weighted by Gasteiger charge is 2.15. The number of anilines is 1. The van der Waals surface area contributed by atoms with E-state index in [-0.39, 0.29) is 11.5 Å². The van der Waals surface area contributed by atoms with Crippen LogP contribution >= 0.6 is 11.8 Å². The van der Waals surface area contributed by atoms with Crippen LogP contribution in [0, 0.1) is 6.92 Å². The molecule has 6 nitrogen and oxygen atoms in total. The quantitative estimate of drug-likeness (QED) is 0.122. The van der Waals surface area contributed by atoms with Gasteiger partial charge in [-0.05, 0) is 74.0 Å². The van der Waals surface area contributed by atoms with Gasteiger partial charge < -0.3 is 15.4 Å². The average molecular weight is 551 g/mol. The highest BCUT2D eigenvalue weighted by atomic mass is 32.2. The van der Waals surface area contributed by atoms with Gasteiger partial charge in [-0.25, -0.2) is 0 Å². The zero-order valence-electron chi connectivity index (χ0n) is 22.3. The number of thioether (sulfide) groups is 1. The Bertz CT molecular complexity index is 1480. The van der Waals surface area contributed by atoms with Crippen molar-refractivity contribution >= 4 is 41.1 Å². The molecule has 4 aromatic carbocycles. The molecule has 0 unspecified atom stereocenters. The van der Waals surface area contributed by atoms with Gasteiger partial charge in [0.15, 0.2) is 5.78 Å². The Labute approximate surface area is 238 Å². The van der Waals surface area contributed by atoms with Crippen molar-refractivity contribution in [3.63, 3.8) is 0 Å². The standard InChI is InChI=1S/C33H30N2O4S/c1-3-39-28-17-11-24(12-18-28)21-30(35-32(37)26-7-5-4-6-8-26)33(38)34-27-15-19-29(20-16-27)40-22-31(36)25-13-9-23(2)10-14-25/h4-21H,3,22H2,1-2H3,(H,34,38)(H,35,37)/b30-21-. The van der Waals surface area contributed by atoms with Gasteiger partial charge in [0.1, 0.15) is 11.4 Å². The van der Waals surface area contributed by atoms with Crippen LogP contribution in [-0.2, 0) is 4.79 Å². The van der Waals surface area contributed by atoms with Gasteiger partial charge in [0.05, 0.1) is 12.4 Å². The lowest BCUT2D eigenvalue weighted by Crippen LogP contribution is -2.30. The second-order valence-electron chi connectivity index (χ2n) is 8.94. The molecule has 202 valence electrons. The molecule has 0 atom stereocenters. The number of Topliss-reactive ketones (excluding diaryl/α,β-unsaturated/α-hetero) is 1. The van der Waals surface area contributed by atoms with Crippen LogP contribution < -0.4 is 15.4 Å². The summed E-state index contributed by atoms with van der Waals surface area (Å²) in [5, 5.41) is 5.59. The Morgan fingerprint density at radius 1 is 0.800 bits per heavy atom. The normalized spacial score (nSPS) is 11.0. The zero-order chi connectivity index (χ0) is 28.3. The van der Waals surface area contributed by atoms with Gasteiger partial charge in [-0.15, -0.1) is 11.8 Å². The lowest BCUT2D eigenvalue weighted by atomic mass is 10.1. The molecule has 0 saturated carbocycles. The molecule has 0 aliphatic rings. The SMILES string of the molecule is CCOc1ccc(/C=C(\NC(=O)c2ccccc2)C(=O)Nc2ccc(SCC(=O)c3ccc(C)cc3)cc2)cc1. The molecule has 0 bridgehead atoms. The lowest BCUT2D eigenvalue weighted by molar-refractivity contribution is -0.113. The molecule has 2 N–H and O–H groups in total. The Morgan fingerprint density at radius 3 is 2.12 bits per heavy atom. The number of aryl methyl sites for hydroxylation is 1. The van der Waals surface area contributed by atoms with Gasteiger partial charge >= 0.3 is 0 Å². The molecule has 0 fully saturated rings. The van der Waals surface area contributed by atoms with Gasteiger partial charge in [0, 0.05) is 21.7 Å². The van der Waals surface area contributed by atoms with Crippen molar-refractivity contribution in [3.8, 4) is 5.75 Å². The topological polar surface area (TPSA) is 84.5 Å². The molecular weight excluding hydrogens is 520 g/mol. The minimum Gasteiger partial charge on any atom is -0.494 e. The third kappa shape index (κ3) is 8.19. The maximum Gasteiger partial charge on any atom is 0.272 e. The molecule has 0 heterocycles. The smallest absolute Gasteiger partial charge is 0.272 e. The summed E-state index contributed by atoms with van der Waals surface area (Å²) in [5.74, 6) is 0.235. The molecule has 4 rings (SSSR count).